The molecule has 0 aliphatic carbocycles. The average Bonchev–Trinajstić information content (AvgIpc) is 2.86. The van der Waals surface area contributed by atoms with E-state index < -0.39 is 0 Å². The zero-order valence-electron chi connectivity index (χ0n) is 11.9. The highest BCUT2D eigenvalue weighted by atomic mass is 16.7. The van der Waals surface area contributed by atoms with E-state index in [0.717, 1.165) is 36.4 Å². The molecule has 1 atom stereocenters. The number of likely N-dealkylation sites (tertiary alicyclic amines) is 1. The Labute approximate surface area is 118 Å². The Hall–Kier alpha value is -1.91. The summed E-state index contributed by atoms with van der Waals surface area (Å²) < 4.78 is 10.7. The van der Waals surface area contributed by atoms with Crippen molar-refractivity contribution in [2.45, 2.75) is 39.2 Å². The summed E-state index contributed by atoms with van der Waals surface area (Å²) in [7, 11) is 0. The summed E-state index contributed by atoms with van der Waals surface area (Å²) in [5, 5.41) is 2.99. The fourth-order valence-electron chi connectivity index (χ4n) is 2.77. The molecule has 5 nitrogen and oxygen atoms in total. The SMILES string of the molecule is Cc1cc2c(cc1NC(=O)N1CCCC[C@H]1C)OCO2. The summed E-state index contributed by atoms with van der Waals surface area (Å²) in [5.41, 5.74) is 1.77. The molecule has 2 aliphatic heterocycles. The van der Waals surface area contributed by atoms with Gasteiger partial charge in [0.1, 0.15) is 0 Å². The van der Waals surface area contributed by atoms with Gasteiger partial charge in [-0.05, 0) is 44.7 Å². The predicted molar refractivity (Wildman–Crippen MR) is 76.3 cm³/mol. The predicted octanol–water partition coefficient (Wildman–Crippen LogP) is 3.13. The number of nitrogens with one attached hydrogen (secondary N) is 1. The molecule has 1 N–H and O–H groups in total. The van der Waals surface area contributed by atoms with Gasteiger partial charge in [0.15, 0.2) is 11.5 Å². The Morgan fingerprint density at radius 3 is 2.80 bits per heavy atom. The van der Waals surface area contributed by atoms with Gasteiger partial charge in [0, 0.05) is 24.3 Å². The number of carbonyl (C=O) groups is 1. The molecule has 2 amide bonds. The highest BCUT2D eigenvalue weighted by molar-refractivity contribution is 5.91. The third-order valence-electron chi connectivity index (χ3n) is 4.03. The largest absolute Gasteiger partial charge is 0.454 e. The number of carbonyl (C=O) groups excluding carboxylic acids is 1. The summed E-state index contributed by atoms with van der Waals surface area (Å²) in [6.07, 6.45) is 3.36. The van der Waals surface area contributed by atoms with E-state index in [1.54, 1.807) is 0 Å². The van der Waals surface area contributed by atoms with Crippen LogP contribution in [0.1, 0.15) is 31.7 Å². The number of anilines is 1. The molecular formula is C15H20N2O3. The zero-order valence-corrected chi connectivity index (χ0v) is 11.9. The molecule has 1 saturated heterocycles. The molecular weight excluding hydrogens is 256 g/mol. The Bertz CT molecular complexity index is 530. The van der Waals surface area contributed by atoms with Crippen molar-refractivity contribution in [2.75, 3.05) is 18.7 Å². The summed E-state index contributed by atoms with van der Waals surface area (Å²) in [4.78, 5) is 14.3. The van der Waals surface area contributed by atoms with Crippen LogP contribution >= 0.6 is 0 Å². The van der Waals surface area contributed by atoms with Crippen molar-refractivity contribution in [3.05, 3.63) is 17.7 Å². The minimum Gasteiger partial charge on any atom is -0.454 e. The van der Waals surface area contributed by atoms with Crippen LogP contribution in [0.15, 0.2) is 12.1 Å². The van der Waals surface area contributed by atoms with Gasteiger partial charge in [-0.15, -0.1) is 0 Å². The van der Waals surface area contributed by atoms with Gasteiger partial charge >= 0.3 is 6.03 Å². The van der Waals surface area contributed by atoms with Crippen molar-refractivity contribution >= 4 is 11.7 Å². The van der Waals surface area contributed by atoms with Gasteiger partial charge in [0.2, 0.25) is 6.79 Å². The summed E-state index contributed by atoms with van der Waals surface area (Å²) >= 11 is 0. The minimum absolute atomic E-state index is 0.0286. The number of hydrogen-bond acceptors (Lipinski definition) is 3. The van der Waals surface area contributed by atoms with Gasteiger partial charge in [0.25, 0.3) is 0 Å². The molecule has 2 heterocycles. The third kappa shape index (κ3) is 2.40. The van der Waals surface area contributed by atoms with Crippen molar-refractivity contribution in [2.24, 2.45) is 0 Å². The van der Waals surface area contributed by atoms with Gasteiger partial charge in [-0.25, -0.2) is 4.79 Å². The third-order valence-corrected chi connectivity index (χ3v) is 4.03. The number of aryl methyl sites for hydroxylation is 1. The maximum Gasteiger partial charge on any atom is 0.322 e. The van der Waals surface area contributed by atoms with Crippen LogP contribution in [0.2, 0.25) is 0 Å². The quantitative estimate of drug-likeness (QED) is 0.857. The van der Waals surface area contributed by atoms with Crippen LogP contribution in [0.3, 0.4) is 0 Å². The van der Waals surface area contributed by atoms with Gasteiger partial charge in [-0.1, -0.05) is 0 Å². The van der Waals surface area contributed by atoms with E-state index >= 15 is 0 Å². The number of amides is 2. The van der Waals surface area contributed by atoms with Crippen LogP contribution in [-0.4, -0.2) is 30.3 Å². The van der Waals surface area contributed by atoms with Crippen molar-refractivity contribution in [1.29, 1.82) is 0 Å². The van der Waals surface area contributed by atoms with Gasteiger partial charge < -0.3 is 19.7 Å². The maximum absolute atomic E-state index is 12.4. The van der Waals surface area contributed by atoms with Crippen molar-refractivity contribution in [1.82, 2.24) is 4.90 Å². The van der Waals surface area contributed by atoms with Crippen LogP contribution in [0, 0.1) is 6.92 Å². The smallest absolute Gasteiger partial charge is 0.322 e. The van der Waals surface area contributed by atoms with Crippen molar-refractivity contribution < 1.29 is 14.3 Å². The molecule has 0 spiro atoms. The number of urea groups is 1. The lowest BCUT2D eigenvalue weighted by molar-refractivity contribution is 0.170. The van der Waals surface area contributed by atoms with E-state index in [1.807, 2.05) is 24.0 Å². The molecule has 5 heteroatoms. The number of hydrogen-bond donors (Lipinski definition) is 1. The van der Waals surface area contributed by atoms with Crippen LogP contribution < -0.4 is 14.8 Å². The first-order valence-corrected chi connectivity index (χ1v) is 7.13. The number of rotatable bonds is 1. The second-order valence-corrected chi connectivity index (χ2v) is 5.49. The lowest BCUT2D eigenvalue weighted by Gasteiger charge is -2.33. The standard InChI is InChI=1S/C15H20N2O3/c1-10-7-13-14(20-9-19-13)8-12(10)16-15(18)17-6-4-3-5-11(17)2/h7-8,11H,3-6,9H2,1-2H3,(H,16,18)/t11-/m1/s1. The lowest BCUT2D eigenvalue weighted by Crippen LogP contribution is -2.44. The monoisotopic (exact) mass is 276 g/mol. The van der Waals surface area contributed by atoms with E-state index in [1.165, 1.54) is 6.42 Å². The molecule has 1 fully saturated rings. The van der Waals surface area contributed by atoms with Crippen molar-refractivity contribution in [3.8, 4) is 11.5 Å². The molecule has 0 radical (unpaired) electrons. The number of fused-ring (bicyclic) bond motifs is 1. The first kappa shape index (κ1) is 13.1. The summed E-state index contributed by atoms with van der Waals surface area (Å²) in [6, 6.07) is 4.01. The van der Waals surface area contributed by atoms with E-state index in [9.17, 15) is 4.79 Å². The molecule has 0 aromatic heterocycles. The lowest BCUT2D eigenvalue weighted by atomic mass is 10.0. The number of benzene rings is 1. The molecule has 108 valence electrons. The van der Waals surface area contributed by atoms with Crippen LogP contribution in [0.5, 0.6) is 11.5 Å². The Kier molecular flexibility index (Phi) is 3.42. The highest BCUT2D eigenvalue weighted by Gasteiger charge is 2.24. The first-order valence-electron chi connectivity index (χ1n) is 7.13. The van der Waals surface area contributed by atoms with E-state index in [0.29, 0.717) is 11.8 Å². The molecule has 1 aromatic carbocycles. The maximum atomic E-state index is 12.4. The van der Waals surface area contributed by atoms with Crippen LogP contribution in [0.4, 0.5) is 10.5 Å². The number of nitrogens with zero attached hydrogens (tertiary/aromatic N) is 1. The van der Waals surface area contributed by atoms with Gasteiger partial charge in [-0.2, -0.15) is 0 Å². The Morgan fingerprint density at radius 1 is 1.30 bits per heavy atom. The topological polar surface area (TPSA) is 50.8 Å². The Balaban J connectivity index is 1.75. The molecule has 0 unspecified atom stereocenters. The molecule has 0 saturated carbocycles. The molecule has 1 aromatic rings. The van der Waals surface area contributed by atoms with Gasteiger partial charge in [-0.3, -0.25) is 0 Å². The normalized spacial score (nSPS) is 20.9. The molecule has 0 bridgehead atoms. The van der Waals surface area contributed by atoms with E-state index in [-0.39, 0.29) is 12.8 Å². The molecule has 20 heavy (non-hydrogen) atoms. The minimum atomic E-state index is -0.0286. The van der Waals surface area contributed by atoms with Gasteiger partial charge in [0.05, 0.1) is 0 Å². The Morgan fingerprint density at radius 2 is 2.05 bits per heavy atom. The van der Waals surface area contributed by atoms with E-state index in [2.05, 4.69) is 12.2 Å². The molecule has 3 rings (SSSR count). The first-order chi connectivity index (χ1) is 9.65. The number of piperidine rings is 1. The van der Waals surface area contributed by atoms with Crippen LogP contribution in [-0.2, 0) is 0 Å². The second-order valence-electron chi connectivity index (χ2n) is 5.49. The average molecular weight is 276 g/mol. The fourth-order valence-corrected chi connectivity index (χ4v) is 2.77. The number of ether oxygens (including phenoxy) is 2. The van der Waals surface area contributed by atoms with Crippen molar-refractivity contribution in [3.63, 3.8) is 0 Å². The molecule has 2 aliphatic rings. The fraction of sp³-hybridized carbons (Fsp3) is 0.533. The summed E-state index contributed by atoms with van der Waals surface area (Å²) in [6.45, 7) is 5.13. The summed E-state index contributed by atoms with van der Waals surface area (Å²) in [5.74, 6) is 1.43. The zero-order chi connectivity index (χ0) is 14.1. The van der Waals surface area contributed by atoms with Crippen LogP contribution in [0.25, 0.3) is 0 Å². The van der Waals surface area contributed by atoms with E-state index in [4.69, 9.17) is 9.47 Å². The second kappa shape index (κ2) is 5.23. The highest BCUT2D eigenvalue weighted by Crippen LogP contribution is 2.36.